The van der Waals surface area contributed by atoms with Crippen molar-refractivity contribution < 1.29 is 1.37 Å². The molecule has 0 unspecified atom stereocenters. The van der Waals surface area contributed by atoms with E-state index < -0.39 is 0 Å². The highest BCUT2D eigenvalue weighted by atomic mass is 14.2. The number of hydrogen-bond donors (Lipinski definition) is 0. The van der Waals surface area contributed by atoms with Gasteiger partial charge in [-0.1, -0.05) is 75.3 Å². The van der Waals surface area contributed by atoms with Crippen molar-refractivity contribution in [2.24, 2.45) is 0 Å². The molecule has 2 rings (SSSR count). The van der Waals surface area contributed by atoms with Crippen molar-refractivity contribution in [3.8, 4) is 11.1 Å². The summed E-state index contributed by atoms with van der Waals surface area (Å²) in [6.45, 7) is 6.59. The third-order valence-electron chi connectivity index (χ3n) is 2.75. The summed E-state index contributed by atoms with van der Waals surface area (Å²) < 4.78 is 8.01. The Hall–Kier alpha value is -1.56. The predicted molar refractivity (Wildman–Crippen MR) is 70.6 cm³/mol. The maximum atomic E-state index is 8.01. The SMILES string of the molecule is [2H]c1ccc(C(C)(C)C)cc1-c1ccccc1. The van der Waals surface area contributed by atoms with Crippen LogP contribution in [0.3, 0.4) is 0 Å². The van der Waals surface area contributed by atoms with Crippen LogP contribution in [-0.2, 0) is 5.41 Å². The van der Waals surface area contributed by atoms with Gasteiger partial charge in [-0.15, -0.1) is 0 Å². The second-order valence-corrected chi connectivity index (χ2v) is 5.11. The van der Waals surface area contributed by atoms with Crippen molar-refractivity contribution >= 4 is 0 Å². The van der Waals surface area contributed by atoms with Crippen LogP contribution >= 0.6 is 0 Å². The van der Waals surface area contributed by atoms with E-state index in [1.54, 1.807) is 0 Å². The van der Waals surface area contributed by atoms with Gasteiger partial charge >= 0.3 is 0 Å². The van der Waals surface area contributed by atoms with E-state index in [0.29, 0.717) is 6.04 Å². The molecule has 0 amide bonds. The van der Waals surface area contributed by atoms with Crippen LogP contribution in [0, 0.1) is 0 Å². The molecule has 0 aliphatic carbocycles. The molecular weight excluding hydrogens is 192 g/mol. The van der Waals surface area contributed by atoms with E-state index >= 15 is 0 Å². The fourth-order valence-electron chi connectivity index (χ4n) is 1.72. The molecule has 0 radical (unpaired) electrons. The monoisotopic (exact) mass is 211 g/mol. The molecule has 0 aliphatic rings. The van der Waals surface area contributed by atoms with Gasteiger partial charge in [0.1, 0.15) is 0 Å². The summed E-state index contributed by atoms with van der Waals surface area (Å²) in [5, 5.41) is 0. The Bertz CT molecular complexity index is 507. The Kier molecular flexibility index (Phi) is 2.49. The van der Waals surface area contributed by atoms with Crippen LogP contribution in [0.4, 0.5) is 0 Å². The van der Waals surface area contributed by atoms with Gasteiger partial charge in [0.15, 0.2) is 0 Å². The lowest BCUT2D eigenvalue weighted by molar-refractivity contribution is 0.590. The maximum absolute atomic E-state index is 8.01. The van der Waals surface area contributed by atoms with Crippen molar-refractivity contribution in [3.63, 3.8) is 0 Å². The van der Waals surface area contributed by atoms with Gasteiger partial charge in [-0.2, -0.15) is 0 Å². The molecule has 0 saturated carbocycles. The molecule has 0 atom stereocenters. The van der Waals surface area contributed by atoms with Crippen LogP contribution in [0.5, 0.6) is 0 Å². The van der Waals surface area contributed by atoms with Crippen LogP contribution in [0.2, 0.25) is 0 Å². The minimum absolute atomic E-state index is 0.122. The first-order chi connectivity index (χ1) is 7.98. The Morgan fingerprint density at radius 1 is 0.875 bits per heavy atom. The second kappa shape index (κ2) is 4.13. The molecule has 0 heteroatoms. The van der Waals surface area contributed by atoms with Crippen LogP contribution in [-0.4, -0.2) is 0 Å². The number of rotatable bonds is 1. The minimum Gasteiger partial charge on any atom is -0.0622 e. The first-order valence-electron chi connectivity index (χ1n) is 6.15. The molecule has 0 fully saturated rings. The molecule has 2 aromatic rings. The molecule has 0 aliphatic heterocycles. The smallest absolute Gasteiger partial charge is 0.0622 e. The molecular formula is C16H18. The minimum atomic E-state index is 0.122. The van der Waals surface area contributed by atoms with Crippen molar-refractivity contribution in [2.45, 2.75) is 26.2 Å². The van der Waals surface area contributed by atoms with Gasteiger partial charge in [0.25, 0.3) is 0 Å². The average Bonchev–Trinajstić information content (AvgIpc) is 2.29. The Morgan fingerprint density at radius 2 is 1.56 bits per heavy atom. The Balaban J connectivity index is 2.55. The second-order valence-electron chi connectivity index (χ2n) is 5.11. The fraction of sp³-hybridized carbons (Fsp3) is 0.250. The normalized spacial score (nSPS) is 12.3. The van der Waals surface area contributed by atoms with E-state index in [9.17, 15) is 0 Å². The van der Waals surface area contributed by atoms with Gasteiger partial charge in [0.05, 0.1) is 1.37 Å². The molecule has 0 spiro atoms. The third-order valence-corrected chi connectivity index (χ3v) is 2.75. The van der Waals surface area contributed by atoms with E-state index in [4.69, 9.17) is 1.37 Å². The number of hydrogen-bond acceptors (Lipinski definition) is 0. The largest absolute Gasteiger partial charge is 0.0629 e. The summed E-state index contributed by atoms with van der Waals surface area (Å²) >= 11 is 0. The zero-order chi connectivity index (χ0) is 12.5. The summed E-state index contributed by atoms with van der Waals surface area (Å²) in [6.07, 6.45) is 0. The first-order valence-corrected chi connectivity index (χ1v) is 5.65. The van der Waals surface area contributed by atoms with E-state index in [-0.39, 0.29) is 5.41 Å². The highest BCUT2D eigenvalue weighted by molar-refractivity contribution is 5.64. The van der Waals surface area contributed by atoms with Gasteiger partial charge in [-0.3, -0.25) is 0 Å². The van der Waals surface area contributed by atoms with Crippen LogP contribution in [0.15, 0.2) is 54.6 Å². The van der Waals surface area contributed by atoms with E-state index in [0.717, 1.165) is 11.1 Å². The molecule has 2 aromatic carbocycles. The molecule has 0 nitrogen and oxygen atoms in total. The highest BCUT2D eigenvalue weighted by Crippen LogP contribution is 2.27. The summed E-state index contributed by atoms with van der Waals surface area (Å²) in [7, 11) is 0. The van der Waals surface area contributed by atoms with Crippen LogP contribution in [0.1, 0.15) is 27.7 Å². The molecule has 0 bridgehead atoms. The van der Waals surface area contributed by atoms with Gasteiger partial charge in [-0.05, 0) is 22.1 Å². The van der Waals surface area contributed by atoms with E-state index in [2.05, 4.69) is 45.0 Å². The van der Waals surface area contributed by atoms with Crippen molar-refractivity contribution in [1.29, 1.82) is 0 Å². The Labute approximate surface area is 99.4 Å². The van der Waals surface area contributed by atoms with E-state index in [1.165, 1.54) is 5.56 Å². The van der Waals surface area contributed by atoms with E-state index in [1.807, 2.05) is 24.3 Å². The molecule has 16 heavy (non-hydrogen) atoms. The molecule has 82 valence electrons. The lowest BCUT2D eigenvalue weighted by Crippen LogP contribution is -2.10. The quantitative estimate of drug-likeness (QED) is 0.644. The van der Waals surface area contributed by atoms with Gasteiger partial charge < -0.3 is 0 Å². The first kappa shape index (κ1) is 9.65. The van der Waals surface area contributed by atoms with Crippen LogP contribution in [0.25, 0.3) is 11.1 Å². The van der Waals surface area contributed by atoms with Crippen molar-refractivity contribution in [1.82, 2.24) is 0 Å². The van der Waals surface area contributed by atoms with Gasteiger partial charge in [0.2, 0.25) is 0 Å². The average molecular weight is 211 g/mol. The zero-order valence-electron chi connectivity index (χ0n) is 11.1. The lowest BCUT2D eigenvalue weighted by atomic mass is 9.85. The Morgan fingerprint density at radius 3 is 2.19 bits per heavy atom. The molecule has 0 N–H and O–H groups in total. The van der Waals surface area contributed by atoms with Gasteiger partial charge in [0, 0.05) is 0 Å². The predicted octanol–water partition coefficient (Wildman–Crippen LogP) is 4.65. The van der Waals surface area contributed by atoms with Gasteiger partial charge in [-0.25, -0.2) is 0 Å². The molecule has 0 saturated heterocycles. The third kappa shape index (κ3) is 2.33. The highest BCUT2D eigenvalue weighted by Gasteiger charge is 2.13. The standard InChI is InChI=1S/C16H18/c1-16(2,3)15-11-7-10-14(12-15)13-8-5-4-6-9-13/h4-12H,1-3H3/i10D. The van der Waals surface area contributed by atoms with Crippen molar-refractivity contribution in [2.75, 3.05) is 0 Å². The zero-order valence-corrected chi connectivity index (χ0v) is 10.1. The van der Waals surface area contributed by atoms with Crippen molar-refractivity contribution in [3.05, 3.63) is 60.1 Å². The fourth-order valence-corrected chi connectivity index (χ4v) is 1.72. The summed E-state index contributed by atoms with van der Waals surface area (Å²) in [5.41, 5.74) is 3.52. The summed E-state index contributed by atoms with van der Waals surface area (Å²) in [5.74, 6) is 0. The topological polar surface area (TPSA) is 0 Å². The maximum Gasteiger partial charge on any atom is 0.0629 e. The molecule has 0 aromatic heterocycles. The summed E-state index contributed by atoms with van der Waals surface area (Å²) in [4.78, 5) is 0. The number of benzene rings is 2. The lowest BCUT2D eigenvalue weighted by Gasteiger charge is -2.19. The molecule has 0 heterocycles. The summed E-state index contributed by atoms with van der Waals surface area (Å²) in [6, 6.07) is 16.8. The van der Waals surface area contributed by atoms with Crippen LogP contribution < -0.4 is 0 Å².